The maximum Gasteiger partial charge on any atom is 0.416 e. The van der Waals surface area contributed by atoms with Crippen molar-refractivity contribution in [3.8, 4) is 0 Å². The van der Waals surface area contributed by atoms with Crippen LogP contribution in [0.4, 0.5) is 24.5 Å². The zero-order valence-corrected chi connectivity index (χ0v) is 31.0. The van der Waals surface area contributed by atoms with E-state index < -0.39 is 29.5 Å². The van der Waals surface area contributed by atoms with Gasteiger partial charge in [0.05, 0.1) is 23.4 Å². The molecule has 2 N–H and O–H groups in total. The minimum absolute atomic E-state index is 0.0293. The molecule has 2 aromatic carbocycles. The number of likely N-dealkylation sites (tertiary alicyclic amines) is 2. The summed E-state index contributed by atoms with van der Waals surface area (Å²) in [5.74, 6) is -1.76. The van der Waals surface area contributed by atoms with Gasteiger partial charge in [0.15, 0.2) is 0 Å². The third-order valence-electron chi connectivity index (χ3n) is 12.0. The zero-order valence-electron chi connectivity index (χ0n) is 30.2. The molecular formula is C39H47ClF3N7O3. The number of hydrogen-bond donors (Lipinski definition) is 2. The number of anilines is 2. The molecule has 53 heavy (non-hydrogen) atoms. The zero-order chi connectivity index (χ0) is 37.5. The number of piperidine rings is 4. The smallest absolute Gasteiger partial charge is 0.378 e. The summed E-state index contributed by atoms with van der Waals surface area (Å²) in [7, 11) is 3.69. The first-order chi connectivity index (χ1) is 25.3. The number of likely N-dealkylation sites (N-methyl/N-ethyl adjacent to an activating group) is 1. The Labute approximate surface area is 312 Å². The van der Waals surface area contributed by atoms with Gasteiger partial charge in [-0.1, -0.05) is 41.9 Å². The molecule has 1 aromatic heterocycles. The van der Waals surface area contributed by atoms with Crippen molar-refractivity contribution in [2.24, 2.45) is 12.5 Å². The van der Waals surface area contributed by atoms with E-state index in [1.54, 1.807) is 19.3 Å². The van der Waals surface area contributed by atoms with Crippen LogP contribution < -0.4 is 21.1 Å². The Morgan fingerprint density at radius 2 is 1.66 bits per heavy atom. The molecule has 284 valence electrons. The molecule has 14 heteroatoms. The maximum atomic E-state index is 14.2. The van der Waals surface area contributed by atoms with E-state index in [2.05, 4.69) is 56.8 Å². The molecule has 1 unspecified atom stereocenters. The third-order valence-corrected chi connectivity index (χ3v) is 12.4. The quantitative estimate of drug-likeness (QED) is 0.294. The summed E-state index contributed by atoms with van der Waals surface area (Å²) >= 11 is 6.32. The van der Waals surface area contributed by atoms with Crippen molar-refractivity contribution < 1.29 is 22.8 Å². The average molecular weight is 754 g/mol. The third kappa shape index (κ3) is 8.27. The monoisotopic (exact) mass is 753 g/mol. The number of alkyl halides is 3. The summed E-state index contributed by atoms with van der Waals surface area (Å²) in [5, 5.41) is 9.91. The van der Waals surface area contributed by atoms with Crippen molar-refractivity contribution in [3.63, 3.8) is 0 Å². The van der Waals surface area contributed by atoms with Crippen molar-refractivity contribution in [2.45, 2.75) is 75.5 Å². The van der Waals surface area contributed by atoms with Gasteiger partial charge in [-0.05, 0) is 98.8 Å². The SMILES string of the molecule is CN1C[C@@H](Nc2cnn(C)c(=O)c2Cl)C[C@@H](c2ccc(CN3CCC4(CC3)CCN(c3ccc(C5CCC(=O)NC5=O)c(C(F)(F)F)c3)CC4)cc2)C1. The van der Waals surface area contributed by atoms with E-state index in [9.17, 15) is 27.6 Å². The van der Waals surface area contributed by atoms with Crippen molar-refractivity contribution in [1.29, 1.82) is 0 Å². The summed E-state index contributed by atoms with van der Waals surface area (Å²) in [6.07, 6.45) is 2.02. The van der Waals surface area contributed by atoms with Gasteiger partial charge in [-0.15, -0.1) is 0 Å². The number of imide groups is 1. The summed E-state index contributed by atoms with van der Waals surface area (Å²) in [6, 6.07) is 13.4. The molecule has 4 fully saturated rings. The van der Waals surface area contributed by atoms with E-state index in [-0.39, 0.29) is 40.4 Å². The molecule has 2 amide bonds. The fraction of sp³-hybridized carbons (Fsp3) is 0.538. The topological polar surface area (TPSA) is 103 Å². The predicted octanol–water partition coefficient (Wildman–Crippen LogP) is 5.76. The summed E-state index contributed by atoms with van der Waals surface area (Å²) in [4.78, 5) is 43.1. The van der Waals surface area contributed by atoms with E-state index in [1.165, 1.54) is 27.9 Å². The summed E-state index contributed by atoms with van der Waals surface area (Å²) in [6.45, 7) is 6.03. The van der Waals surface area contributed by atoms with Crippen molar-refractivity contribution in [2.75, 3.05) is 56.5 Å². The Kier molecular flexibility index (Phi) is 10.6. The average Bonchev–Trinajstić information content (AvgIpc) is 3.13. The number of hydrogen-bond acceptors (Lipinski definition) is 8. The van der Waals surface area contributed by atoms with Crippen LogP contribution in [0, 0.1) is 5.41 Å². The first-order valence-electron chi connectivity index (χ1n) is 18.5. The lowest BCUT2D eigenvalue weighted by molar-refractivity contribution is -0.139. The summed E-state index contributed by atoms with van der Waals surface area (Å²) < 4.78 is 43.9. The van der Waals surface area contributed by atoms with Gasteiger partial charge in [-0.25, -0.2) is 4.68 Å². The predicted molar refractivity (Wildman–Crippen MR) is 198 cm³/mol. The second-order valence-corrected chi connectivity index (χ2v) is 16.0. The number of nitrogens with one attached hydrogen (secondary N) is 2. The fourth-order valence-electron chi connectivity index (χ4n) is 8.86. The molecule has 0 aliphatic carbocycles. The molecule has 3 atom stereocenters. The molecular weight excluding hydrogens is 707 g/mol. The molecule has 0 radical (unpaired) electrons. The number of aryl methyl sites for hydroxylation is 1. The van der Waals surface area contributed by atoms with Crippen LogP contribution >= 0.6 is 11.6 Å². The maximum absolute atomic E-state index is 14.2. The molecule has 4 aliphatic rings. The minimum atomic E-state index is -4.61. The highest BCUT2D eigenvalue weighted by atomic mass is 35.5. The first kappa shape index (κ1) is 37.4. The number of carbonyl (C=O) groups excluding carboxylic acids is 2. The van der Waals surface area contributed by atoms with Crippen molar-refractivity contribution in [3.05, 3.63) is 86.3 Å². The van der Waals surface area contributed by atoms with Gasteiger partial charge in [0.2, 0.25) is 11.8 Å². The highest BCUT2D eigenvalue weighted by Crippen LogP contribution is 2.44. The number of benzene rings is 2. The van der Waals surface area contributed by atoms with Gasteiger partial charge in [0.1, 0.15) is 5.02 Å². The molecule has 3 aromatic rings. The van der Waals surface area contributed by atoms with Crippen LogP contribution in [0.3, 0.4) is 0 Å². The number of carbonyl (C=O) groups is 2. The number of nitrogens with zero attached hydrogens (tertiary/aromatic N) is 5. The van der Waals surface area contributed by atoms with Gasteiger partial charge in [0.25, 0.3) is 5.56 Å². The van der Waals surface area contributed by atoms with Crippen molar-refractivity contribution in [1.82, 2.24) is 24.9 Å². The van der Waals surface area contributed by atoms with Crippen molar-refractivity contribution >= 4 is 34.8 Å². The van der Waals surface area contributed by atoms with Crippen LogP contribution in [0.1, 0.15) is 79.0 Å². The highest BCUT2D eigenvalue weighted by molar-refractivity contribution is 6.32. The van der Waals surface area contributed by atoms with E-state index in [0.29, 0.717) is 30.4 Å². The fourth-order valence-corrected chi connectivity index (χ4v) is 9.08. The molecule has 5 heterocycles. The van der Waals surface area contributed by atoms with E-state index in [1.807, 2.05) is 4.90 Å². The minimum Gasteiger partial charge on any atom is -0.378 e. The number of halogens is 4. The van der Waals surface area contributed by atoms with Crippen LogP contribution in [-0.4, -0.2) is 83.8 Å². The molecule has 0 bridgehead atoms. The van der Waals surface area contributed by atoms with Crippen LogP contribution in [0.5, 0.6) is 0 Å². The molecule has 0 saturated carbocycles. The van der Waals surface area contributed by atoms with E-state index in [0.717, 1.165) is 64.8 Å². The van der Waals surface area contributed by atoms with Crippen LogP contribution in [-0.2, 0) is 29.4 Å². The first-order valence-corrected chi connectivity index (χ1v) is 18.9. The molecule has 7 rings (SSSR count). The number of amides is 2. The Hall–Kier alpha value is -3.94. The Balaban J connectivity index is 0.913. The lowest BCUT2D eigenvalue weighted by Gasteiger charge is -2.47. The van der Waals surface area contributed by atoms with Gasteiger partial charge < -0.3 is 15.1 Å². The standard InChI is InChI=1S/C39H47ClF3N7O3/c1-47-23-27(19-28(24-47)45-33-21-44-48(2)37(53)35(33)40)26-5-3-25(4-6-26)22-49-15-11-38(12-16-49)13-17-50(18-14-38)29-7-8-30(32(20-29)39(41,42)43)31-9-10-34(51)46-36(31)52/h3-8,20-21,27-28,31,45H,9-19,22-24H2,1-2H3,(H,46,51,52)/t27-,28+,31?/m1/s1. The number of aromatic nitrogens is 2. The molecule has 4 aliphatic heterocycles. The van der Waals surface area contributed by atoms with Crippen LogP contribution in [0.25, 0.3) is 0 Å². The number of rotatable bonds is 7. The van der Waals surface area contributed by atoms with Crippen LogP contribution in [0.15, 0.2) is 53.5 Å². The molecule has 1 spiro atoms. The summed E-state index contributed by atoms with van der Waals surface area (Å²) in [5.41, 5.74) is 2.68. The van der Waals surface area contributed by atoms with Gasteiger partial charge >= 0.3 is 6.18 Å². The van der Waals surface area contributed by atoms with E-state index >= 15 is 0 Å². The van der Waals surface area contributed by atoms with Crippen LogP contribution in [0.2, 0.25) is 5.02 Å². The largest absolute Gasteiger partial charge is 0.416 e. The Morgan fingerprint density at radius 3 is 2.34 bits per heavy atom. The lowest BCUT2D eigenvalue weighted by Crippen LogP contribution is -2.46. The second kappa shape index (κ2) is 15.1. The van der Waals surface area contributed by atoms with E-state index in [4.69, 9.17) is 11.6 Å². The van der Waals surface area contributed by atoms with Gasteiger partial charge in [0, 0.05) is 57.9 Å². The lowest BCUT2D eigenvalue weighted by atomic mass is 9.71. The molecule has 4 saturated heterocycles. The highest BCUT2D eigenvalue weighted by Gasteiger charge is 2.41. The Morgan fingerprint density at radius 1 is 0.962 bits per heavy atom. The molecule has 10 nitrogen and oxygen atoms in total. The second-order valence-electron chi connectivity index (χ2n) is 15.6. The van der Waals surface area contributed by atoms with Gasteiger partial charge in [-0.3, -0.25) is 24.6 Å². The normalized spacial score (nSPS) is 24.3. The Bertz CT molecular complexity index is 1880. The van der Waals surface area contributed by atoms with Gasteiger partial charge in [-0.2, -0.15) is 18.3 Å².